The fraction of sp³-hybridized carbons (Fsp3) is 0.500. The van der Waals surface area contributed by atoms with Crippen LogP contribution in [-0.4, -0.2) is 37.1 Å². The van der Waals surface area contributed by atoms with E-state index in [1.165, 1.54) is 6.07 Å². The predicted molar refractivity (Wildman–Crippen MR) is 74.8 cm³/mol. The number of rotatable bonds is 2. The lowest BCUT2D eigenvalue weighted by Crippen LogP contribution is -2.41. The first-order valence-electron chi connectivity index (χ1n) is 6.31. The number of amides is 1. The molecule has 0 saturated carbocycles. The van der Waals surface area contributed by atoms with Crippen LogP contribution in [0.2, 0.25) is 0 Å². The molecule has 0 atom stereocenters. The summed E-state index contributed by atoms with van der Waals surface area (Å²) in [4.78, 5) is 14.0. The molecule has 0 aromatic heterocycles. The highest BCUT2D eigenvalue weighted by atomic mass is 79.9. The molecule has 5 heteroatoms. The first-order valence-corrected chi connectivity index (χ1v) is 7.10. The van der Waals surface area contributed by atoms with Gasteiger partial charge in [0, 0.05) is 24.7 Å². The molecule has 104 valence electrons. The van der Waals surface area contributed by atoms with Crippen LogP contribution in [0.1, 0.15) is 28.8 Å². The Morgan fingerprint density at radius 2 is 2.05 bits per heavy atom. The largest absolute Gasteiger partial charge is 0.381 e. The molecule has 1 aliphatic heterocycles. The fourth-order valence-corrected chi connectivity index (χ4v) is 2.60. The molecular formula is C14H17BrFNO2. The van der Waals surface area contributed by atoms with Crippen LogP contribution < -0.4 is 0 Å². The van der Waals surface area contributed by atoms with Crippen LogP contribution in [0.4, 0.5) is 4.39 Å². The van der Waals surface area contributed by atoms with E-state index in [1.54, 1.807) is 25.0 Å². The van der Waals surface area contributed by atoms with Gasteiger partial charge >= 0.3 is 0 Å². The maximum absolute atomic E-state index is 14.1. The lowest BCUT2D eigenvalue weighted by Gasteiger charge is -2.31. The maximum atomic E-state index is 14.1. The van der Waals surface area contributed by atoms with E-state index in [4.69, 9.17) is 4.74 Å². The second-order valence-electron chi connectivity index (χ2n) is 4.76. The summed E-state index contributed by atoms with van der Waals surface area (Å²) in [6.45, 7) is 2.89. The number of benzene rings is 1. The van der Waals surface area contributed by atoms with Crippen molar-refractivity contribution in [1.29, 1.82) is 0 Å². The van der Waals surface area contributed by atoms with E-state index in [0.29, 0.717) is 23.1 Å². The van der Waals surface area contributed by atoms with Gasteiger partial charge in [-0.3, -0.25) is 4.79 Å². The molecular weight excluding hydrogens is 313 g/mol. The highest BCUT2D eigenvalue weighted by Crippen LogP contribution is 2.24. The molecule has 0 N–H and O–H groups in total. The molecule has 1 aromatic carbocycles. The summed E-state index contributed by atoms with van der Waals surface area (Å²) < 4.78 is 20.1. The van der Waals surface area contributed by atoms with E-state index in [0.717, 1.165) is 12.8 Å². The zero-order valence-electron chi connectivity index (χ0n) is 11.1. The summed E-state index contributed by atoms with van der Waals surface area (Å²) in [5.41, 5.74) is 0.620. The summed E-state index contributed by atoms with van der Waals surface area (Å²) in [5.74, 6) is -0.670. The topological polar surface area (TPSA) is 29.5 Å². The van der Waals surface area contributed by atoms with Crippen molar-refractivity contribution in [3.05, 3.63) is 33.5 Å². The van der Waals surface area contributed by atoms with Crippen LogP contribution >= 0.6 is 15.9 Å². The Labute approximate surface area is 120 Å². The monoisotopic (exact) mass is 329 g/mol. The lowest BCUT2D eigenvalue weighted by atomic mass is 10.0. The number of hydrogen-bond donors (Lipinski definition) is 0. The number of ether oxygens (including phenoxy) is 1. The van der Waals surface area contributed by atoms with Crippen molar-refractivity contribution < 1.29 is 13.9 Å². The molecule has 19 heavy (non-hydrogen) atoms. The summed E-state index contributed by atoms with van der Waals surface area (Å²) in [6, 6.07) is 3.25. The van der Waals surface area contributed by atoms with Crippen molar-refractivity contribution in [2.45, 2.75) is 25.9 Å². The van der Waals surface area contributed by atoms with E-state index < -0.39 is 5.82 Å². The van der Waals surface area contributed by atoms with Crippen LogP contribution in [-0.2, 0) is 4.74 Å². The van der Waals surface area contributed by atoms with Gasteiger partial charge in [-0.05, 0) is 37.5 Å². The third-order valence-electron chi connectivity index (χ3n) is 3.61. The Kier molecular flexibility index (Phi) is 4.58. The van der Waals surface area contributed by atoms with Gasteiger partial charge < -0.3 is 9.64 Å². The summed E-state index contributed by atoms with van der Waals surface area (Å²) in [7, 11) is 1.68. The van der Waals surface area contributed by atoms with E-state index in [9.17, 15) is 9.18 Å². The van der Waals surface area contributed by atoms with Gasteiger partial charge in [0.1, 0.15) is 5.82 Å². The maximum Gasteiger partial charge on any atom is 0.256 e. The van der Waals surface area contributed by atoms with Crippen molar-refractivity contribution in [3.8, 4) is 0 Å². The Hall–Kier alpha value is -0.940. The SMILES string of the molecule is COC1CCN(C(=O)c2ccc(Br)c(C)c2F)CC1. The highest BCUT2D eigenvalue weighted by Gasteiger charge is 2.25. The molecule has 0 unspecified atom stereocenters. The van der Waals surface area contributed by atoms with Crippen LogP contribution in [0.3, 0.4) is 0 Å². The van der Waals surface area contributed by atoms with E-state index >= 15 is 0 Å². The van der Waals surface area contributed by atoms with Crippen molar-refractivity contribution in [1.82, 2.24) is 4.90 Å². The predicted octanol–water partition coefficient (Wildman–Crippen LogP) is 3.15. The van der Waals surface area contributed by atoms with Gasteiger partial charge in [-0.1, -0.05) is 15.9 Å². The number of piperidine rings is 1. The second-order valence-corrected chi connectivity index (χ2v) is 5.62. The average molecular weight is 330 g/mol. The molecule has 1 saturated heterocycles. The van der Waals surface area contributed by atoms with Gasteiger partial charge in [0.15, 0.2) is 0 Å². The number of methoxy groups -OCH3 is 1. The first-order chi connectivity index (χ1) is 9.04. The third-order valence-corrected chi connectivity index (χ3v) is 4.47. The Morgan fingerprint density at radius 1 is 1.42 bits per heavy atom. The average Bonchev–Trinajstić information content (AvgIpc) is 2.44. The van der Waals surface area contributed by atoms with Crippen molar-refractivity contribution in [3.63, 3.8) is 0 Å². The molecule has 0 bridgehead atoms. The van der Waals surface area contributed by atoms with Gasteiger partial charge in [0.05, 0.1) is 11.7 Å². The van der Waals surface area contributed by atoms with E-state index in [1.807, 2.05) is 0 Å². The van der Waals surface area contributed by atoms with E-state index in [2.05, 4.69) is 15.9 Å². The molecule has 1 amide bonds. The van der Waals surface area contributed by atoms with Gasteiger partial charge in [-0.25, -0.2) is 4.39 Å². The quantitative estimate of drug-likeness (QED) is 0.834. The zero-order valence-corrected chi connectivity index (χ0v) is 12.7. The minimum absolute atomic E-state index is 0.150. The Balaban J connectivity index is 2.15. The normalized spacial score (nSPS) is 16.7. The minimum atomic E-state index is -0.437. The van der Waals surface area contributed by atoms with Crippen molar-refractivity contribution >= 4 is 21.8 Å². The molecule has 0 radical (unpaired) electrons. The molecule has 3 nitrogen and oxygen atoms in total. The standard InChI is InChI=1S/C14H17BrFNO2/c1-9-12(15)4-3-11(13(9)16)14(18)17-7-5-10(19-2)6-8-17/h3-4,10H,5-8H2,1-2H3. The number of carbonyl (C=O) groups is 1. The molecule has 1 aromatic rings. The third kappa shape index (κ3) is 2.98. The number of likely N-dealkylation sites (tertiary alicyclic amines) is 1. The number of halogens is 2. The van der Waals surface area contributed by atoms with Gasteiger partial charge in [-0.15, -0.1) is 0 Å². The zero-order chi connectivity index (χ0) is 14.0. The number of hydrogen-bond acceptors (Lipinski definition) is 2. The second kappa shape index (κ2) is 6.01. The van der Waals surface area contributed by atoms with Crippen molar-refractivity contribution in [2.75, 3.05) is 20.2 Å². The molecule has 0 spiro atoms. The van der Waals surface area contributed by atoms with Gasteiger partial charge in [-0.2, -0.15) is 0 Å². The molecule has 1 heterocycles. The smallest absolute Gasteiger partial charge is 0.256 e. The number of nitrogens with zero attached hydrogens (tertiary/aromatic N) is 1. The molecule has 2 rings (SSSR count). The van der Waals surface area contributed by atoms with Crippen LogP contribution in [0.15, 0.2) is 16.6 Å². The summed E-state index contributed by atoms with van der Waals surface area (Å²) >= 11 is 3.26. The molecule has 0 aliphatic carbocycles. The van der Waals surface area contributed by atoms with Crippen molar-refractivity contribution in [2.24, 2.45) is 0 Å². The van der Waals surface area contributed by atoms with Crippen LogP contribution in [0.5, 0.6) is 0 Å². The number of carbonyl (C=O) groups excluding carboxylic acids is 1. The molecule has 1 fully saturated rings. The lowest BCUT2D eigenvalue weighted by molar-refractivity contribution is 0.0348. The summed E-state index contributed by atoms with van der Waals surface area (Å²) in [6.07, 6.45) is 1.82. The van der Waals surface area contributed by atoms with E-state index in [-0.39, 0.29) is 17.6 Å². The Bertz CT molecular complexity index is 485. The van der Waals surface area contributed by atoms with Crippen LogP contribution in [0, 0.1) is 12.7 Å². The Morgan fingerprint density at radius 3 is 2.63 bits per heavy atom. The van der Waals surface area contributed by atoms with Gasteiger partial charge in [0.25, 0.3) is 5.91 Å². The highest BCUT2D eigenvalue weighted by molar-refractivity contribution is 9.10. The van der Waals surface area contributed by atoms with Crippen LogP contribution in [0.25, 0.3) is 0 Å². The fourth-order valence-electron chi connectivity index (χ4n) is 2.29. The molecule has 1 aliphatic rings. The minimum Gasteiger partial charge on any atom is -0.381 e. The first kappa shape index (κ1) is 14.5. The van der Waals surface area contributed by atoms with Gasteiger partial charge in [0.2, 0.25) is 0 Å². The summed E-state index contributed by atoms with van der Waals surface area (Å²) in [5, 5.41) is 0.